The molecule has 2 aromatic heterocycles. The summed E-state index contributed by atoms with van der Waals surface area (Å²) in [6.45, 7) is 9.21. The fourth-order valence-corrected chi connectivity index (χ4v) is 4.01. The maximum absolute atomic E-state index is 6.42. The Morgan fingerprint density at radius 2 is 1.58 bits per heavy atom. The number of benzene rings is 2. The molecule has 0 aliphatic carbocycles. The van der Waals surface area contributed by atoms with Crippen molar-refractivity contribution in [3.05, 3.63) is 71.5 Å². The number of anilines is 1. The molecule has 0 bridgehead atoms. The van der Waals surface area contributed by atoms with Crippen molar-refractivity contribution in [2.75, 3.05) is 31.2 Å². The van der Waals surface area contributed by atoms with E-state index in [0.29, 0.717) is 19.2 Å². The van der Waals surface area contributed by atoms with Gasteiger partial charge in [0, 0.05) is 30.9 Å². The van der Waals surface area contributed by atoms with Crippen LogP contribution < -0.4 is 9.64 Å². The summed E-state index contributed by atoms with van der Waals surface area (Å²) < 4.78 is 13.9. The number of para-hydroxylation sites is 1. The smallest absolute Gasteiger partial charge is 0.236 e. The molecule has 1 aliphatic rings. The summed E-state index contributed by atoms with van der Waals surface area (Å²) in [6.07, 6.45) is 3.94. The predicted molar refractivity (Wildman–Crippen MR) is 123 cm³/mol. The van der Waals surface area contributed by atoms with E-state index in [0.717, 1.165) is 58.0 Å². The van der Waals surface area contributed by atoms with Crippen LogP contribution >= 0.6 is 0 Å². The van der Waals surface area contributed by atoms with Crippen LogP contribution in [0.3, 0.4) is 0 Å². The molecular weight excluding hydrogens is 388 g/mol. The molecule has 3 heterocycles. The lowest BCUT2D eigenvalue weighted by molar-refractivity contribution is 0.122. The molecule has 1 aliphatic heterocycles. The number of hydrogen-bond acceptors (Lipinski definition) is 5. The fourth-order valence-electron chi connectivity index (χ4n) is 4.01. The zero-order chi connectivity index (χ0) is 21.4. The fraction of sp³-hybridized carbons (Fsp3) is 0.280. The van der Waals surface area contributed by atoms with Gasteiger partial charge in [-0.3, -0.25) is 4.57 Å². The van der Waals surface area contributed by atoms with E-state index in [1.165, 1.54) is 0 Å². The minimum Gasteiger partial charge on any atom is -0.457 e. The molecule has 0 radical (unpaired) electrons. The highest BCUT2D eigenvalue weighted by molar-refractivity contribution is 5.92. The molecule has 0 saturated carbocycles. The van der Waals surface area contributed by atoms with Gasteiger partial charge in [0.25, 0.3) is 0 Å². The molecule has 158 valence electrons. The Morgan fingerprint density at radius 3 is 2.29 bits per heavy atom. The van der Waals surface area contributed by atoms with Crippen LogP contribution in [-0.2, 0) is 4.74 Å². The van der Waals surface area contributed by atoms with Gasteiger partial charge in [0.05, 0.1) is 18.7 Å². The molecule has 0 atom stereocenters. The summed E-state index contributed by atoms with van der Waals surface area (Å²) in [5.41, 5.74) is 4.19. The molecule has 6 heteroatoms. The third kappa shape index (κ3) is 3.75. The topological polar surface area (TPSA) is 52.4 Å². The highest BCUT2D eigenvalue weighted by Crippen LogP contribution is 2.36. The van der Waals surface area contributed by atoms with Crippen molar-refractivity contribution >= 4 is 16.7 Å². The van der Waals surface area contributed by atoms with Gasteiger partial charge in [0.2, 0.25) is 5.95 Å². The number of aromatic nitrogens is 3. The average molecular weight is 415 g/mol. The minimum absolute atomic E-state index is 0.668. The summed E-state index contributed by atoms with van der Waals surface area (Å²) in [6, 6.07) is 14.3. The number of nitrogens with zero attached hydrogens (tertiary/aromatic N) is 4. The summed E-state index contributed by atoms with van der Waals surface area (Å²) in [4.78, 5) is 12.1. The molecule has 1 saturated heterocycles. The van der Waals surface area contributed by atoms with Crippen LogP contribution in [0.15, 0.2) is 54.9 Å². The average Bonchev–Trinajstić information content (AvgIpc) is 3.31. The van der Waals surface area contributed by atoms with E-state index in [1.54, 1.807) is 0 Å². The Labute approximate surface area is 182 Å². The molecule has 0 N–H and O–H groups in total. The third-order valence-electron chi connectivity index (χ3n) is 5.73. The number of ether oxygens (including phenoxy) is 2. The Bertz CT molecular complexity index is 1210. The van der Waals surface area contributed by atoms with Crippen LogP contribution in [-0.4, -0.2) is 40.8 Å². The first-order valence-electron chi connectivity index (χ1n) is 10.6. The van der Waals surface area contributed by atoms with Crippen LogP contribution in [0.4, 0.5) is 5.82 Å². The van der Waals surface area contributed by atoms with Crippen LogP contribution in [0.1, 0.15) is 16.7 Å². The van der Waals surface area contributed by atoms with E-state index < -0.39 is 0 Å². The minimum atomic E-state index is 0.668. The Hall–Kier alpha value is -3.38. The van der Waals surface area contributed by atoms with Gasteiger partial charge in [-0.1, -0.05) is 18.2 Å². The van der Waals surface area contributed by atoms with Gasteiger partial charge in [0.1, 0.15) is 17.3 Å². The zero-order valence-corrected chi connectivity index (χ0v) is 18.1. The molecule has 0 spiro atoms. The van der Waals surface area contributed by atoms with Crippen molar-refractivity contribution in [2.24, 2.45) is 0 Å². The molecule has 0 amide bonds. The zero-order valence-electron chi connectivity index (χ0n) is 18.1. The molecule has 2 aromatic carbocycles. The second-order valence-corrected chi connectivity index (χ2v) is 7.99. The standard InChI is InChI=1S/C25H26N4O2/c1-17-7-6-8-18(2)23(17)31-22-16-20-21(15-19(22)3)26-25(29-9-4-5-10-29)27-24(20)28-11-13-30-14-12-28/h4-10,15-16H,11-14H2,1-3H3. The molecule has 0 unspecified atom stereocenters. The molecular formula is C25H26N4O2. The van der Waals surface area contributed by atoms with Crippen LogP contribution in [0.25, 0.3) is 16.9 Å². The van der Waals surface area contributed by atoms with Crippen molar-refractivity contribution < 1.29 is 9.47 Å². The van der Waals surface area contributed by atoms with Crippen molar-refractivity contribution in [3.8, 4) is 17.4 Å². The van der Waals surface area contributed by atoms with Gasteiger partial charge in [-0.15, -0.1) is 0 Å². The van der Waals surface area contributed by atoms with Crippen molar-refractivity contribution in [2.45, 2.75) is 20.8 Å². The second kappa shape index (κ2) is 8.04. The van der Waals surface area contributed by atoms with Gasteiger partial charge >= 0.3 is 0 Å². The molecule has 6 nitrogen and oxygen atoms in total. The summed E-state index contributed by atoms with van der Waals surface area (Å²) in [7, 11) is 0. The number of aryl methyl sites for hydroxylation is 3. The van der Waals surface area contributed by atoms with E-state index in [2.05, 4.69) is 56.0 Å². The van der Waals surface area contributed by atoms with Crippen molar-refractivity contribution in [3.63, 3.8) is 0 Å². The van der Waals surface area contributed by atoms with Crippen LogP contribution in [0.2, 0.25) is 0 Å². The van der Waals surface area contributed by atoms with Gasteiger partial charge < -0.3 is 14.4 Å². The summed E-state index contributed by atoms with van der Waals surface area (Å²) >= 11 is 0. The SMILES string of the molecule is Cc1cc2nc(-n3cccc3)nc(N3CCOCC3)c2cc1Oc1c(C)cccc1C. The first-order valence-corrected chi connectivity index (χ1v) is 10.6. The van der Waals surface area contributed by atoms with Gasteiger partial charge in [-0.2, -0.15) is 4.98 Å². The van der Waals surface area contributed by atoms with E-state index in [4.69, 9.17) is 19.4 Å². The highest BCUT2D eigenvalue weighted by atomic mass is 16.5. The maximum Gasteiger partial charge on any atom is 0.236 e. The Morgan fingerprint density at radius 1 is 0.871 bits per heavy atom. The lowest BCUT2D eigenvalue weighted by Gasteiger charge is -2.29. The largest absolute Gasteiger partial charge is 0.457 e. The Balaban J connectivity index is 1.66. The van der Waals surface area contributed by atoms with E-state index >= 15 is 0 Å². The summed E-state index contributed by atoms with van der Waals surface area (Å²) in [5, 5.41) is 0.990. The van der Waals surface area contributed by atoms with E-state index in [9.17, 15) is 0 Å². The number of fused-ring (bicyclic) bond motifs is 1. The number of rotatable bonds is 4. The summed E-state index contributed by atoms with van der Waals surface area (Å²) in [5.74, 6) is 3.32. The quantitative estimate of drug-likeness (QED) is 0.472. The maximum atomic E-state index is 6.42. The lowest BCUT2D eigenvalue weighted by Crippen LogP contribution is -2.37. The van der Waals surface area contributed by atoms with Crippen molar-refractivity contribution in [1.82, 2.24) is 14.5 Å². The number of morpholine rings is 1. The van der Waals surface area contributed by atoms with E-state index in [1.807, 2.05) is 29.1 Å². The normalized spacial score (nSPS) is 14.2. The van der Waals surface area contributed by atoms with Crippen molar-refractivity contribution in [1.29, 1.82) is 0 Å². The number of hydrogen-bond donors (Lipinski definition) is 0. The lowest BCUT2D eigenvalue weighted by atomic mass is 10.1. The van der Waals surface area contributed by atoms with Crippen LogP contribution in [0.5, 0.6) is 11.5 Å². The molecule has 31 heavy (non-hydrogen) atoms. The van der Waals surface area contributed by atoms with E-state index in [-0.39, 0.29) is 0 Å². The van der Waals surface area contributed by atoms with Gasteiger partial charge in [-0.05, 0) is 61.7 Å². The third-order valence-corrected chi connectivity index (χ3v) is 5.73. The Kier molecular flexibility index (Phi) is 5.08. The molecule has 4 aromatic rings. The van der Waals surface area contributed by atoms with Gasteiger partial charge in [-0.25, -0.2) is 4.98 Å². The molecule has 1 fully saturated rings. The molecule has 5 rings (SSSR count). The van der Waals surface area contributed by atoms with Crippen LogP contribution in [0, 0.1) is 20.8 Å². The second-order valence-electron chi connectivity index (χ2n) is 7.99. The first-order chi connectivity index (χ1) is 15.1. The highest BCUT2D eigenvalue weighted by Gasteiger charge is 2.20. The first kappa shape index (κ1) is 19.6. The predicted octanol–water partition coefficient (Wildman–Crippen LogP) is 4.97. The van der Waals surface area contributed by atoms with Gasteiger partial charge in [0.15, 0.2) is 0 Å². The monoisotopic (exact) mass is 414 g/mol.